The third kappa shape index (κ3) is 6.18. The van der Waals surface area contributed by atoms with Crippen LogP contribution < -0.4 is 15.4 Å². The van der Waals surface area contributed by atoms with E-state index in [-0.39, 0.29) is 6.03 Å². The van der Waals surface area contributed by atoms with Crippen molar-refractivity contribution >= 4 is 23.3 Å². The van der Waals surface area contributed by atoms with Crippen LogP contribution in [-0.4, -0.2) is 26.4 Å². The fourth-order valence-corrected chi connectivity index (χ4v) is 1.99. The van der Waals surface area contributed by atoms with E-state index < -0.39 is 0 Å². The van der Waals surface area contributed by atoms with Gasteiger partial charge in [0.2, 0.25) is 0 Å². The first-order valence-electron chi connectivity index (χ1n) is 7.18. The minimum atomic E-state index is -0.283. The topological polar surface area (TPSA) is 59.6 Å². The Bertz CT molecular complexity index is 632. The maximum Gasteiger partial charge on any atom is 0.319 e. The summed E-state index contributed by atoms with van der Waals surface area (Å²) < 4.78 is 10.4. The number of urea groups is 1. The molecule has 0 fully saturated rings. The number of amides is 2. The third-order valence-electron chi connectivity index (χ3n) is 3.01. The molecule has 0 heterocycles. The van der Waals surface area contributed by atoms with Crippen molar-refractivity contribution in [1.29, 1.82) is 0 Å². The van der Waals surface area contributed by atoms with Gasteiger partial charge in [-0.1, -0.05) is 29.8 Å². The quantitative estimate of drug-likeness (QED) is 0.759. The predicted octanol–water partition coefficient (Wildman–Crippen LogP) is 3.69. The Morgan fingerprint density at radius 2 is 1.91 bits per heavy atom. The summed E-state index contributed by atoms with van der Waals surface area (Å²) in [6.45, 7) is 1.40. The standard InChI is InChI=1S/C17H19ClN2O3/c1-22-9-10-23-16-4-2-3-15(11-16)20-17(21)19-12-13-5-7-14(18)8-6-13/h2-8,11H,9-10,12H2,1H3,(H2,19,20,21). The lowest BCUT2D eigenvalue weighted by molar-refractivity contribution is 0.146. The van der Waals surface area contributed by atoms with E-state index in [0.29, 0.717) is 36.2 Å². The molecule has 122 valence electrons. The second-order valence-corrected chi connectivity index (χ2v) is 5.24. The number of benzene rings is 2. The summed E-state index contributed by atoms with van der Waals surface area (Å²) in [6.07, 6.45) is 0. The molecule has 0 radical (unpaired) electrons. The van der Waals surface area contributed by atoms with Gasteiger partial charge in [0.15, 0.2) is 0 Å². The molecule has 2 aromatic rings. The molecule has 5 nitrogen and oxygen atoms in total. The van der Waals surface area contributed by atoms with Gasteiger partial charge in [0.05, 0.1) is 6.61 Å². The lowest BCUT2D eigenvalue weighted by Crippen LogP contribution is -2.28. The van der Waals surface area contributed by atoms with Gasteiger partial charge >= 0.3 is 6.03 Å². The molecule has 0 aliphatic heterocycles. The van der Waals surface area contributed by atoms with Gasteiger partial charge < -0.3 is 20.1 Å². The smallest absolute Gasteiger partial charge is 0.319 e. The van der Waals surface area contributed by atoms with Crippen molar-refractivity contribution in [3.05, 3.63) is 59.1 Å². The van der Waals surface area contributed by atoms with E-state index in [1.807, 2.05) is 24.3 Å². The van der Waals surface area contributed by atoms with Crippen molar-refractivity contribution in [2.75, 3.05) is 25.6 Å². The van der Waals surface area contributed by atoms with E-state index in [1.165, 1.54) is 0 Å². The van der Waals surface area contributed by atoms with Crippen molar-refractivity contribution in [2.45, 2.75) is 6.54 Å². The molecule has 0 atom stereocenters. The van der Waals surface area contributed by atoms with Gasteiger partial charge in [-0.05, 0) is 29.8 Å². The Hall–Kier alpha value is -2.24. The molecule has 0 aliphatic carbocycles. The highest BCUT2D eigenvalue weighted by atomic mass is 35.5. The summed E-state index contributed by atoms with van der Waals surface area (Å²) in [5.74, 6) is 0.678. The van der Waals surface area contributed by atoms with Gasteiger partial charge in [0.25, 0.3) is 0 Å². The van der Waals surface area contributed by atoms with Gasteiger partial charge in [-0.2, -0.15) is 0 Å². The molecule has 2 aromatic carbocycles. The molecule has 0 bridgehead atoms. The van der Waals surface area contributed by atoms with E-state index in [9.17, 15) is 4.79 Å². The average molecular weight is 335 g/mol. The van der Waals surface area contributed by atoms with Crippen LogP contribution in [0.2, 0.25) is 5.02 Å². The Labute approximate surface area is 140 Å². The zero-order valence-electron chi connectivity index (χ0n) is 12.8. The molecule has 0 unspecified atom stereocenters. The molecule has 2 N–H and O–H groups in total. The first-order chi connectivity index (χ1) is 11.2. The van der Waals surface area contributed by atoms with Crippen LogP contribution >= 0.6 is 11.6 Å². The van der Waals surface area contributed by atoms with Crippen LogP contribution in [0.1, 0.15) is 5.56 Å². The van der Waals surface area contributed by atoms with Crippen LogP contribution in [0.25, 0.3) is 0 Å². The number of rotatable bonds is 7. The maximum absolute atomic E-state index is 11.9. The molecule has 23 heavy (non-hydrogen) atoms. The zero-order chi connectivity index (χ0) is 16.5. The van der Waals surface area contributed by atoms with Crippen molar-refractivity contribution in [3.63, 3.8) is 0 Å². The molecule has 6 heteroatoms. The van der Waals surface area contributed by atoms with Crippen LogP contribution in [-0.2, 0) is 11.3 Å². The normalized spacial score (nSPS) is 10.2. The molecular formula is C17H19ClN2O3. The Morgan fingerprint density at radius 3 is 2.65 bits per heavy atom. The summed E-state index contributed by atoms with van der Waals surface area (Å²) in [5.41, 5.74) is 1.63. The van der Waals surface area contributed by atoms with Crippen molar-refractivity contribution in [3.8, 4) is 5.75 Å². The fraction of sp³-hybridized carbons (Fsp3) is 0.235. The molecule has 0 saturated heterocycles. The van der Waals surface area contributed by atoms with Crippen LogP contribution in [0.4, 0.5) is 10.5 Å². The molecule has 2 amide bonds. The fourth-order valence-electron chi connectivity index (χ4n) is 1.87. The SMILES string of the molecule is COCCOc1cccc(NC(=O)NCc2ccc(Cl)cc2)c1. The minimum Gasteiger partial charge on any atom is -0.491 e. The number of nitrogens with one attached hydrogen (secondary N) is 2. The summed E-state index contributed by atoms with van der Waals surface area (Å²) in [7, 11) is 1.62. The number of carbonyl (C=O) groups is 1. The molecule has 0 aromatic heterocycles. The Kier molecular flexibility index (Phi) is 6.72. The second-order valence-electron chi connectivity index (χ2n) is 4.80. The van der Waals surface area contributed by atoms with Crippen molar-refractivity contribution in [2.24, 2.45) is 0 Å². The predicted molar refractivity (Wildman–Crippen MR) is 91.1 cm³/mol. The summed E-state index contributed by atoms with van der Waals surface area (Å²) >= 11 is 5.82. The number of ether oxygens (including phenoxy) is 2. The van der Waals surface area contributed by atoms with Gasteiger partial charge in [-0.3, -0.25) is 0 Å². The van der Waals surface area contributed by atoms with E-state index in [4.69, 9.17) is 21.1 Å². The summed E-state index contributed by atoms with van der Waals surface area (Å²) in [4.78, 5) is 11.9. The number of hydrogen-bond donors (Lipinski definition) is 2. The van der Waals surface area contributed by atoms with Crippen molar-refractivity contribution < 1.29 is 14.3 Å². The van der Waals surface area contributed by atoms with Gasteiger partial charge in [-0.25, -0.2) is 4.79 Å². The van der Waals surface area contributed by atoms with E-state index >= 15 is 0 Å². The lowest BCUT2D eigenvalue weighted by Gasteiger charge is -2.10. The second kappa shape index (κ2) is 9.02. The Balaban J connectivity index is 1.82. The largest absolute Gasteiger partial charge is 0.491 e. The highest BCUT2D eigenvalue weighted by Gasteiger charge is 2.03. The highest BCUT2D eigenvalue weighted by molar-refractivity contribution is 6.30. The van der Waals surface area contributed by atoms with Crippen molar-refractivity contribution in [1.82, 2.24) is 5.32 Å². The van der Waals surface area contributed by atoms with Crippen LogP contribution in [0, 0.1) is 0 Å². The van der Waals surface area contributed by atoms with Crippen LogP contribution in [0.15, 0.2) is 48.5 Å². The number of carbonyl (C=O) groups excluding carboxylic acids is 1. The molecule has 2 rings (SSSR count). The Morgan fingerprint density at radius 1 is 1.13 bits per heavy atom. The number of halogens is 1. The average Bonchev–Trinajstić information content (AvgIpc) is 2.55. The van der Waals surface area contributed by atoms with Gasteiger partial charge in [0.1, 0.15) is 12.4 Å². The first kappa shape index (κ1) is 17.1. The monoisotopic (exact) mass is 334 g/mol. The summed E-state index contributed by atoms with van der Waals surface area (Å²) in [6, 6.07) is 14.2. The van der Waals surface area contributed by atoms with Crippen LogP contribution in [0.3, 0.4) is 0 Å². The molecule has 0 saturated carbocycles. The minimum absolute atomic E-state index is 0.283. The van der Waals surface area contributed by atoms with E-state index in [0.717, 1.165) is 5.56 Å². The maximum atomic E-state index is 11.9. The first-order valence-corrected chi connectivity index (χ1v) is 7.56. The molecular weight excluding hydrogens is 316 g/mol. The third-order valence-corrected chi connectivity index (χ3v) is 3.27. The van der Waals surface area contributed by atoms with Crippen LogP contribution in [0.5, 0.6) is 5.75 Å². The number of anilines is 1. The molecule has 0 spiro atoms. The van der Waals surface area contributed by atoms with Gasteiger partial charge in [-0.15, -0.1) is 0 Å². The zero-order valence-corrected chi connectivity index (χ0v) is 13.6. The number of hydrogen-bond acceptors (Lipinski definition) is 3. The highest BCUT2D eigenvalue weighted by Crippen LogP contribution is 2.17. The molecule has 0 aliphatic rings. The lowest BCUT2D eigenvalue weighted by atomic mass is 10.2. The van der Waals surface area contributed by atoms with E-state index in [1.54, 1.807) is 31.4 Å². The van der Waals surface area contributed by atoms with Gasteiger partial charge in [0, 0.05) is 30.4 Å². The number of methoxy groups -OCH3 is 1. The van der Waals surface area contributed by atoms with E-state index in [2.05, 4.69) is 10.6 Å². The summed E-state index contributed by atoms with van der Waals surface area (Å²) in [5, 5.41) is 6.22.